The Morgan fingerprint density at radius 3 is 2.26 bits per heavy atom. The summed E-state index contributed by atoms with van der Waals surface area (Å²) in [6.45, 7) is 0.554. The van der Waals surface area contributed by atoms with Crippen LogP contribution in [-0.2, 0) is 19.5 Å². The highest BCUT2D eigenvalue weighted by Gasteiger charge is 2.38. The topological polar surface area (TPSA) is 187 Å². The Morgan fingerprint density at radius 2 is 1.61 bits per heavy atom. The zero-order valence-electron chi connectivity index (χ0n) is 20.3. The van der Waals surface area contributed by atoms with Crippen molar-refractivity contribution in [2.75, 3.05) is 18.5 Å². The van der Waals surface area contributed by atoms with Gasteiger partial charge in [-0.2, -0.15) is 0 Å². The van der Waals surface area contributed by atoms with Crippen LogP contribution in [0.15, 0.2) is 77.7 Å². The van der Waals surface area contributed by atoms with Crippen molar-refractivity contribution in [1.29, 1.82) is 5.41 Å². The molecule has 3 aromatic carbocycles. The number of hydrogen-bond acceptors (Lipinski definition) is 7. The van der Waals surface area contributed by atoms with Crippen LogP contribution >= 0.6 is 0 Å². The smallest absolute Gasteiger partial charge is 0.413 e. The third kappa shape index (κ3) is 6.35. The van der Waals surface area contributed by atoms with Crippen LogP contribution in [0.3, 0.4) is 0 Å². The Morgan fingerprint density at radius 1 is 0.947 bits per heavy atom. The van der Waals surface area contributed by atoms with Crippen molar-refractivity contribution < 1.29 is 27.5 Å². The van der Waals surface area contributed by atoms with E-state index in [9.17, 15) is 18.0 Å². The first-order chi connectivity index (χ1) is 18.1. The number of primary sulfonamides is 1. The monoisotopic (exact) mass is 537 g/mol. The molecule has 0 bridgehead atoms. The third-order valence-corrected chi connectivity index (χ3v) is 6.97. The van der Waals surface area contributed by atoms with Gasteiger partial charge < -0.3 is 20.5 Å². The van der Waals surface area contributed by atoms with Crippen molar-refractivity contribution >= 4 is 33.5 Å². The molecule has 7 N–H and O–H groups in total. The molecule has 12 heteroatoms. The number of amides is 2. The molecule has 1 saturated heterocycles. The number of anilines is 1. The number of nitrogens with one attached hydrogen (secondary N) is 3. The first kappa shape index (κ1) is 26.8. The minimum atomic E-state index is -3.92. The highest BCUT2D eigenvalue weighted by atomic mass is 32.2. The van der Waals surface area contributed by atoms with Gasteiger partial charge in [-0.1, -0.05) is 42.5 Å². The zero-order chi connectivity index (χ0) is 27.3. The number of benzene rings is 3. The van der Waals surface area contributed by atoms with E-state index >= 15 is 0 Å². The number of sulfonamides is 1. The maximum atomic E-state index is 13.0. The van der Waals surface area contributed by atoms with Crippen LogP contribution in [0.2, 0.25) is 0 Å². The lowest BCUT2D eigenvalue weighted by Crippen LogP contribution is -2.55. The minimum absolute atomic E-state index is 0.00819. The summed E-state index contributed by atoms with van der Waals surface area (Å²) in [4.78, 5) is 25.8. The van der Waals surface area contributed by atoms with E-state index in [0.29, 0.717) is 22.4 Å². The Bertz CT molecular complexity index is 1470. The first-order valence-electron chi connectivity index (χ1n) is 11.6. The summed E-state index contributed by atoms with van der Waals surface area (Å²) in [6, 6.07) is 19.1. The van der Waals surface area contributed by atoms with Gasteiger partial charge in [0.2, 0.25) is 10.0 Å². The largest absolute Gasteiger partial charge is 0.422 e. The average molecular weight is 538 g/mol. The average Bonchev–Trinajstić information content (AvgIpc) is 2.89. The zero-order valence-corrected chi connectivity index (χ0v) is 21.1. The van der Waals surface area contributed by atoms with Gasteiger partial charge in [-0.3, -0.25) is 15.5 Å². The van der Waals surface area contributed by atoms with Crippen molar-refractivity contribution in [2.24, 2.45) is 10.9 Å². The fraction of sp³-hybridized carbons (Fsp3) is 0.192. The maximum absolute atomic E-state index is 13.0. The molecule has 0 aliphatic carbocycles. The van der Waals surface area contributed by atoms with Gasteiger partial charge in [-0.25, -0.2) is 18.4 Å². The SMILES string of the molecule is N=C(N)c1cccc(C(=O)NC2(OC(=O)Nc3ccc(-c4ccccc4S(N)(=O)=O)cc3)CCOCC2)c1. The van der Waals surface area contributed by atoms with Gasteiger partial charge in [0.15, 0.2) is 5.72 Å². The Labute approximate surface area is 219 Å². The number of carbonyl (C=O) groups excluding carboxylic acids is 2. The highest BCUT2D eigenvalue weighted by Crippen LogP contribution is 2.28. The molecule has 0 unspecified atom stereocenters. The van der Waals surface area contributed by atoms with E-state index in [4.69, 9.17) is 25.8 Å². The number of amidine groups is 1. The predicted octanol–water partition coefficient (Wildman–Crippen LogP) is 2.77. The summed E-state index contributed by atoms with van der Waals surface area (Å²) in [5.41, 5.74) is 6.31. The van der Waals surface area contributed by atoms with Crippen LogP contribution in [0, 0.1) is 5.41 Å². The molecule has 198 valence electrons. The molecule has 1 aliphatic rings. The van der Waals surface area contributed by atoms with E-state index in [0.717, 1.165) is 0 Å². The summed E-state index contributed by atoms with van der Waals surface area (Å²) < 4.78 is 34.9. The van der Waals surface area contributed by atoms with E-state index in [2.05, 4.69) is 10.6 Å². The van der Waals surface area contributed by atoms with Gasteiger partial charge in [0.05, 0.1) is 18.1 Å². The van der Waals surface area contributed by atoms with E-state index in [-0.39, 0.29) is 42.3 Å². The van der Waals surface area contributed by atoms with Crippen molar-refractivity contribution in [3.63, 3.8) is 0 Å². The second-order valence-corrected chi connectivity index (χ2v) is 10.2. The molecule has 0 aromatic heterocycles. The molecule has 1 heterocycles. The summed E-state index contributed by atoms with van der Waals surface area (Å²) in [7, 11) is -3.92. The summed E-state index contributed by atoms with van der Waals surface area (Å²) in [5.74, 6) is -0.657. The van der Waals surface area contributed by atoms with Crippen molar-refractivity contribution in [1.82, 2.24) is 5.32 Å². The predicted molar refractivity (Wildman–Crippen MR) is 141 cm³/mol. The number of hydrogen-bond donors (Lipinski definition) is 5. The van der Waals surface area contributed by atoms with Crippen LogP contribution < -0.4 is 21.5 Å². The molecule has 3 aromatic rings. The lowest BCUT2D eigenvalue weighted by molar-refractivity contribution is -0.0806. The van der Waals surface area contributed by atoms with Crippen molar-refractivity contribution in [3.05, 3.63) is 83.9 Å². The number of carbonyl (C=O) groups is 2. The van der Waals surface area contributed by atoms with Gasteiger partial charge in [-0.15, -0.1) is 0 Å². The highest BCUT2D eigenvalue weighted by molar-refractivity contribution is 7.89. The van der Waals surface area contributed by atoms with E-state index in [1.807, 2.05) is 0 Å². The second-order valence-electron chi connectivity index (χ2n) is 8.69. The number of rotatable bonds is 7. The Kier molecular flexibility index (Phi) is 7.76. The summed E-state index contributed by atoms with van der Waals surface area (Å²) >= 11 is 0. The molecular weight excluding hydrogens is 510 g/mol. The number of nitrogen functional groups attached to an aromatic ring is 1. The van der Waals surface area contributed by atoms with Gasteiger partial charge in [-0.05, 0) is 35.9 Å². The van der Waals surface area contributed by atoms with Crippen LogP contribution in [0.25, 0.3) is 11.1 Å². The lowest BCUT2D eigenvalue weighted by atomic mass is 10.0. The molecule has 0 atom stereocenters. The van der Waals surface area contributed by atoms with E-state index in [1.54, 1.807) is 60.7 Å². The maximum Gasteiger partial charge on any atom is 0.413 e. The Balaban J connectivity index is 1.47. The second kappa shape index (κ2) is 11.0. The van der Waals surface area contributed by atoms with E-state index < -0.39 is 27.7 Å². The first-order valence-corrected chi connectivity index (χ1v) is 13.2. The molecule has 2 amide bonds. The number of ether oxygens (including phenoxy) is 2. The molecule has 1 fully saturated rings. The minimum Gasteiger partial charge on any atom is -0.422 e. The van der Waals surface area contributed by atoms with Crippen LogP contribution in [0.5, 0.6) is 0 Å². The van der Waals surface area contributed by atoms with Gasteiger partial charge in [0.25, 0.3) is 5.91 Å². The van der Waals surface area contributed by atoms with Gasteiger partial charge >= 0.3 is 6.09 Å². The summed E-state index contributed by atoms with van der Waals surface area (Å²) in [6.07, 6.45) is -0.314. The fourth-order valence-electron chi connectivity index (χ4n) is 4.07. The fourth-order valence-corrected chi connectivity index (χ4v) is 4.83. The van der Waals surface area contributed by atoms with Crippen molar-refractivity contribution in [3.8, 4) is 11.1 Å². The van der Waals surface area contributed by atoms with Crippen LogP contribution in [0.1, 0.15) is 28.8 Å². The molecule has 1 aliphatic heterocycles. The molecule has 0 spiro atoms. The molecule has 0 saturated carbocycles. The molecule has 0 radical (unpaired) electrons. The van der Waals surface area contributed by atoms with Crippen molar-refractivity contribution in [2.45, 2.75) is 23.5 Å². The summed E-state index contributed by atoms with van der Waals surface area (Å²) in [5, 5.41) is 18.3. The van der Waals surface area contributed by atoms with Crippen LogP contribution in [-0.4, -0.2) is 45.2 Å². The quantitative estimate of drug-likeness (QED) is 0.174. The number of nitrogens with two attached hydrogens (primary N) is 2. The third-order valence-electron chi connectivity index (χ3n) is 6.00. The van der Waals surface area contributed by atoms with Gasteiger partial charge in [0, 0.05) is 35.2 Å². The molecule has 4 rings (SSSR count). The Hall–Kier alpha value is -4.26. The van der Waals surface area contributed by atoms with Gasteiger partial charge in [0.1, 0.15) is 5.84 Å². The molecule has 11 nitrogen and oxygen atoms in total. The lowest BCUT2D eigenvalue weighted by Gasteiger charge is -2.37. The molecular formula is C26H27N5O6S. The van der Waals surface area contributed by atoms with E-state index in [1.165, 1.54) is 12.1 Å². The normalized spacial score (nSPS) is 14.8. The molecule has 38 heavy (non-hydrogen) atoms. The van der Waals surface area contributed by atoms with Crippen LogP contribution in [0.4, 0.5) is 10.5 Å². The standard InChI is InChI=1S/C26H27N5O6S/c27-23(28)18-4-3-5-19(16-18)24(32)31-26(12-14-36-15-13-26)37-25(33)30-20-10-8-17(9-11-20)21-6-1-2-7-22(21)38(29,34)35/h1-11,16H,12-15H2,(H3,27,28)(H,30,33)(H,31,32)(H2,29,34,35).